The zero-order chi connectivity index (χ0) is 16.3. The van der Waals surface area contributed by atoms with Crippen LogP contribution in [0.25, 0.3) is 0 Å². The Kier molecular flexibility index (Phi) is 5.15. The lowest BCUT2D eigenvalue weighted by Gasteiger charge is -2.39. The molecule has 1 saturated heterocycles. The molecule has 0 aliphatic carbocycles. The molecule has 1 aliphatic heterocycles. The molecule has 2 heterocycles. The summed E-state index contributed by atoms with van der Waals surface area (Å²) in [5.41, 5.74) is 1.04. The van der Waals surface area contributed by atoms with Crippen molar-refractivity contribution in [3.8, 4) is 0 Å². The van der Waals surface area contributed by atoms with E-state index in [1.54, 1.807) is 12.4 Å². The second-order valence-corrected chi connectivity index (χ2v) is 7.62. The number of piperidine rings is 1. The van der Waals surface area contributed by atoms with Crippen LogP contribution in [0.3, 0.4) is 0 Å². The molecule has 1 aromatic rings. The Labute approximate surface area is 130 Å². The highest BCUT2D eigenvalue weighted by atomic mass is 32.2. The van der Waals surface area contributed by atoms with Crippen molar-refractivity contribution >= 4 is 16.0 Å². The van der Waals surface area contributed by atoms with Gasteiger partial charge in [-0.3, -0.25) is 14.7 Å². The molecule has 2 atom stereocenters. The Balaban J connectivity index is 2.07. The number of sulfonamides is 1. The van der Waals surface area contributed by atoms with E-state index >= 15 is 0 Å². The molecule has 1 aliphatic rings. The number of carboxylic acid groups (broad SMARTS) is 1. The topological polar surface area (TPSA) is 90.8 Å². The van der Waals surface area contributed by atoms with Crippen LogP contribution in [0, 0.1) is 0 Å². The van der Waals surface area contributed by atoms with E-state index in [0.29, 0.717) is 19.4 Å². The molecular formula is C14H21N3O4S. The molecule has 2 unspecified atom stereocenters. The summed E-state index contributed by atoms with van der Waals surface area (Å²) in [6.45, 7) is 0.890. The minimum Gasteiger partial charge on any atom is -0.480 e. The third-order valence-electron chi connectivity index (χ3n) is 4.01. The summed E-state index contributed by atoms with van der Waals surface area (Å²) in [7, 11) is -1.58. The van der Waals surface area contributed by atoms with Crippen molar-refractivity contribution < 1.29 is 18.3 Å². The fourth-order valence-electron chi connectivity index (χ4n) is 2.86. The summed E-state index contributed by atoms with van der Waals surface area (Å²) in [5, 5.41) is 9.33. The lowest BCUT2D eigenvalue weighted by atomic mass is 9.98. The molecule has 0 bridgehead atoms. The van der Waals surface area contributed by atoms with Crippen LogP contribution in [0.4, 0.5) is 0 Å². The van der Waals surface area contributed by atoms with Gasteiger partial charge in [-0.05, 0) is 31.5 Å². The highest BCUT2D eigenvalue weighted by molar-refractivity contribution is 7.88. The average Bonchev–Trinajstić information content (AvgIpc) is 2.46. The van der Waals surface area contributed by atoms with Crippen molar-refractivity contribution in [3.63, 3.8) is 0 Å². The van der Waals surface area contributed by atoms with Crippen LogP contribution >= 0.6 is 0 Å². The minimum absolute atomic E-state index is 0.0271. The van der Waals surface area contributed by atoms with Gasteiger partial charge in [0.05, 0.1) is 6.26 Å². The molecule has 122 valence electrons. The van der Waals surface area contributed by atoms with Gasteiger partial charge in [0.1, 0.15) is 6.04 Å². The summed E-state index contributed by atoms with van der Waals surface area (Å²) < 4.78 is 24.5. The van der Waals surface area contributed by atoms with Crippen LogP contribution in [0.15, 0.2) is 24.5 Å². The van der Waals surface area contributed by atoms with Gasteiger partial charge in [-0.1, -0.05) is 6.07 Å². The van der Waals surface area contributed by atoms with Crippen LogP contribution in [0.2, 0.25) is 0 Å². The number of nitrogens with zero attached hydrogens (tertiary/aromatic N) is 3. The normalized spacial score (nSPS) is 23.6. The van der Waals surface area contributed by atoms with Gasteiger partial charge in [0.25, 0.3) is 0 Å². The molecule has 2 rings (SSSR count). The van der Waals surface area contributed by atoms with Crippen molar-refractivity contribution in [2.45, 2.75) is 31.5 Å². The van der Waals surface area contributed by atoms with Gasteiger partial charge in [0.2, 0.25) is 10.0 Å². The van der Waals surface area contributed by atoms with E-state index in [9.17, 15) is 18.3 Å². The molecule has 0 saturated carbocycles. The monoisotopic (exact) mass is 327 g/mol. The zero-order valence-electron chi connectivity index (χ0n) is 12.7. The average molecular weight is 327 g/mol. The van der Waals surface area contributed by atoms with Crippen molar-refractivity contribution in [1.29, 1.82) is 0 Å². The van der Waals surface area contributed by atoms with Gasteiger partial charge in [0.15, 0.2) is 0 Å². The third-order valence-corrected chi connectivity index (χ3v) is 5.30. The van der Waals surface area contributed by atoms with Crippen molar-refractivity contribution in [2.75, 3.05) is 19.8 Å². The minimum atomic E-state index is -3.50. The number of pyridine rings is 1. The summed E-state index contributed by atoms with van der Waals surface area (Å²) in [5.74, 6) is -1.09. The van der Waals surface area contributed by atoms with E-state index < -0.39 is 22.0 Å². The first-order chi connectivity index (χ1) is 10.3. The first-order valence-electron chi connectivity index (χ1n) is 7.08. The number of carbonyl (C=O) groups is 1. The van der Waals surface area contributed by atoms with Crippen molar-refractivity contribution in [2.24, 2.45) is 0 Å². The smallest absolute Gasteiger partial charge is 0.322 e. The SMILES string of the molecule is CN(Cc1cccnc1)C1CCN(S(C)(=O)=O)C(C(=O)O)C1. The van der Waals surface area contributed by atoms with Gasteiger partial charge in [-0.2, -0.15) is 4.31 Å². The Bertz CT molecular complexity index is 620. The van der Waals surface area contributed by atoms with Crippen molar-refractivity contribution in [1.82, 2.24) is 14.2 Å². The van der Waals surface area contributed by atoms with Gasteiger partial charge in [-0.15, -0.1) is 0 Å². The van der Waals surface area contributed by atoms with Crippen LogP contribution in [-0.4, -0.2) is 65.6 Å². The molecular weight excluding hydrogens is 306 g/mol. The summed E-state index contributed by atoms with van der Waals surface area (Å²) in [4.78, 5) is 17.5. The predicted octanol–water partition coefficient (Wildman–Crippen LogP) is 0.391. The molecule has 0 radical (unpaired) electrons. The van der Waals surface area contributed by atoms with Crippen LogP contribution < -0.4 is 0 Å². The fraction of sp³-hybridized carbons (Fsp3) is 0.571. The number of aliphatic carboxylic acids is 1. The Morgan fingerprint density at radius 1 is 1.55 bits per heavy atom. The summed E-state index contributed by atoms with van der Waals surface area (Å²) >= 11 is 0. The molecule has 1 fully saturated rings. The lowest BCUT2D eigenvalue weighted by Crippen LogP contribution is -2.53. The Morgan fingerprint density at radius 2 is 2.27 bits per heavy atom. The number of rotatable bonds is 5. The maximum absolute atomic E-state index is 11.7. The second kappa shape index (κ2) is 6.72. The van der Waals surface area contributed by atoms with Crippen LogP contribution in [-0.2, 0) is 21.4 Å². The standard InChI is InChI=1S/C14H21N3O4S/c1-16(10-11-4-3-6-15-9-11)12-5-7-17(22(2,20)21)13(8-12)14(18)19/h3-4,6,9,12-13H,5,7-8,10H2,1-2H3,(H,18,19). The van der Waals surface area contributed by atoms with Crippen LogP contribution in [0.5, 0.6) is 0 Å². The van der Waals surface area contributed by atoms with Gasteiger partial charge in [-0.25, -0.2) is 8.42 Å². The molecule has 0 spiro atoms. The Morgan fingerprint density at radius 3 is 2.82 bits per heavy atom. The quantitative estimate of drug-likeness (QED) is 0.841. The zero-order valence-corrected chi connectivity index (χ0v) is 13.5. The van der Waals surface area contributed by atoms with Crippen LogP contribution in [0.1, 0.15) is 18.4 Å². The van der Waals surface area contributed by atoms with E-state index in [1.165, 1.54) is 0 Å². The number of hydrogen-bond donors (Lipinski definition) is 1. The van der Waals surface area contributed by atoms with Gasteiger partial charge < -0.3 is 5.11 Å². The first kappa shape index (κ1) is 16.9. The summed E-state index contributed by atoms with van der Waals surface area (Å²) in [6, 6.07) is 2.85. The van der Waals surface area contributed by atoms with Crippen molar-refractivity contribution in [3.05, 3.63) is 30.1 Å². The number of aromatic nitrogens is 1. The van der Waals surface area contributed by atoms with E-state index in [-0.39, 0.29) is 12.6 Å². The van der Waals surface area contributed by atoms with E-state index in [0.717, 1.165) is 16.1 Å². The number of carboxylic acids is 1. The first-order valence-corrected chi connectivity index (χ1v) is 8.92. The highest BCUT2D eigenvalue weighted by Gasteiger charge is 2.39. The second-order valence-electron chi connectivity index (χ2n) is 5.68. The fourth-order valence-corrected chi connectivity index (χ4v) is 3.93. The lowest BCUT2D eigenvalue weighted by molar-refractivity contribution is -0.143. The summed E-state index contributed by atoms with van der Waals surface area (Å²) in [6.07, 6.45) is 5.45. The maximum atomic E-state index is 11.7. The molecule has 1 aromatic heterocycles. The largest absolute Gasteiger partial charge is 0.480 e. The molecule has 0 amide bonds. The predicted molar refractivity (Wildman–Crippen MR) is 81.7 cm³/mol. The van der Waals surface area contributed by atoms with E-state index in [1.807, 2.05) is 19.2 Å². The maximum Gasteiger partial charge on any atom is 0.322 e. The third kappa shape index (κ3) is 4.02. The molecule has 8 heteroatoms. The highest BCUT2D eigenvalue weighted by Crippen LogP contribution is 2.24. The molecule has 22 heavy (non-hydrogen) atoms. The van der Waals surface area contributed by atoms with Gasteiger partial charge >= 0.3 is 5.97 Å². The Hall–Kier alpha value is -1.51. The van der Waals surface area contributed by atoms with Gasteiger partial charge in [0, 0.05) is 31.5 Å². The molecule has 0 aromatic carbocycles. The van der Waals surface area contributed by atoms with E-state index in [2.05, 4.69) is 9.88 Å². The molecule has 7 nitrogen and oxygen atoms in total. The molecule has 1 N–H and O–H groups in total. The number of hydrogen-bond acceptors (Lipinski definition) is 5. The van der Waals surface area contributed by atoms with E-state index in [4.69, 9.17) is 0 Å².